The molecule has 34 heavy (non-hydrogen) atoms. The largest absolute Gasteiger partial charge is 0.483 e. The van der Waals surface area contributed by atoms with E-state index in [2.05, 4.69) is 27.3 Å². The van der Waals surface area contributed by atoms with Crippen LogP contribution in [0.1, 0.15) is 25.3 Å². The van der Waals surface area contributed by atoms with Crippen molar-refractivity contribution in [2.24, 2.45) is 5.92 Å². The van der Waals surface area contributed by atoms with Crippen LogP contribution < -0.4 is 15.0 Å². The van der Waals surface area contributed by atoms with Gasteiger partial charge in [-0.05, 0) is 55.2 Å². The van der Waals surface area contributed by atoms with E-state index in [9.17, 15) is 18.0 Å². The van der Waals surface area contributed by atoms with Gasteiger partial charge < -0.3 is 15.0 Å². The van der Waals surface area contributed by atoms with Gasteiger partial charge in [0.25, 0.3) is 5.91 Å². The first-order chi connectivity index (χ1) is 16.3. The third-order valence-corrected chi connectivity index (χ3v) is 5.75. The lowest BCUT2D eigenvalue weighted by atomic mass is 9.99. The molecule has 1 amide bonds. The second-order valence-electron chi connectivity index (χ2n) is 8.36. The van der Waals surface area contributed by atoms with Crippen LogP contribution in [0.5, 0.6) is 5.75 Å². The molecule has 0 unspecified atom stereocenters. The van der Waals surface area contributed by atoms with E-state index in [1.54, 1.807) is 18.2 Å². The third-order valence-electron chi connectivity index (χ3n) is 5.75. The van der Waals surface area contributed by atoms with Crippen molar-refractivity contribution in [3.05, 3.63) is 66.2 Å². The minimum absolute atomic E-state index is 0.391. The van der Waals surface area contributed by atoms with Crippen molar-refractivity contribution in [1.82, 2.24) is 10.2 Å². The molecule has 3 aromatic rings. The number of nitrogens with zero attached hydrogens (tertiary/aromatic N) is 3. The molecule has 1 N–H and O–H groups in total. The lowest BCUT2D eigenvalue weighted by Gasteiger charge is -2.30. The Morgan fingerprint density at radius 3 is 2.53 bits per heavy atom. The number of amides is 1. The molecule has 9 heteroatoms. The van der Waals surface area contributed by atoms with E-state index in [0.29, 0.717) is 11.4 Å². The number of anilines is 2. The number of carbonyl (C=O) groups excluding carboxylic acids is 1. The van der Waals surface area contributed by atoms with E-state index in [1.807, 2.05) is 18.2 Å². The summed E-state index contributed by atoms with van der Waals surface area (Å²) < 4.78 is 44.4. The number of piperidine rings is 1. The number of rotatable bonds is 6. The van der Waals surface area contributed by atoms with Crippen molar-refractivity contribution >= 4 is 17.4 Å². The zero-order valence-corrected chi connectivity index (χ0v) is 18.7. The summed E-state index contributed by atoms with van der Waals surface area (Å²) in [6, 6.07) is 15.6. The molecule has 2 heterocycles. The topological polar surface area (TPSA) is 67.4 Å². The number of hydrogen-bond donors (Lipinski definition) is 1. The van der Waals surface area contributed by atoms with Crippen LogP contribution in [0.2, 0.25) is 0 Å². The molecule has 1 saturated heterocycles. The lowest BCUT2D eigenvalue weighted by molar-refractivity contribution is -0.139. The van der Waals surface area contributed by atoms with E-state index < -0.39 is 30.0 Å². The number of benzene rings is 2. The van der Waals surface area contributed by atoms with Crippen LogP contribution in [0.3, 0.4) is 0 Å². The van der Waals surface area contributed by atoms with E-state index in [4.69, 9.17) is 4.74 Å². The molecule has 1 aliphatic rings. The van der Waals surface area contributed by atoms with Gasteiger partial charge in [0, 0.05) is 24.3 Å². The van der Waals surface area contributed by atoms with Crippen LogP contribution in [-0.4, -0.2) is 35.8 Å². The van der Waals surface area contributed by atoms with E-state index in [1.165, 1.54) is 18.2 Å². The van der Waals surface area contributed by atoms with Gasteiger partial charge in [-0.3, -0.25) is 4.79 Å². The molecule has 178 valence electrons. The van der Waals surface area contributed by atoms with Gasteiger partial charge in [0.05, 0.1) is 11.3 Å². The number of carbonyl (C=O) groups is 1. The normalized spacial score (nSPS) is 14.6. The molecule has 0 aliphatic carbocycles. The minimum atomic E-state index is -4.57. The molecule has 0 bridgehead atoms. The van der Waals surface area contributed by atoms with Gasteiger partial charge in [-0.1, -0.05) is 31.2 Å². The van der Waals surface area contributed by atoms with Crippen LogP contribution in [-0.2, 0) is 11.0 Å². The molecule has 0 saturated carbocycles. The monoisotopic (exact) mass is 470 g/mol. The Balaban J connectivity index is 1.38. The Labute approximate surface area is 195 Å². The minimum Gasteiger partial charge on any atom is -0.483 e. The zero-order chi connectivity index (χ0) is 24.1. The van der Waals surface area contributed by atoms with Gasteiger partial charge in [-0.15, -0.1) is 10.2 Å². The number of alkyl halides is 3. The second-order valence-corrected chi connectivity index (χ2v) is 8.36. The summed E-state index contributed by atoms with van der Waals surface area (Å²) in [5.74, 6) is 0.606. The average Bonchev–Trinajstić information content (AvgIpc) is 2.83. The SMILES string of the molecule is CC1CCN(c2ccc(-c3cccc(NC(=O)COc4ccccc4C(F)(F)F)c3)nn2)CC1. The predicted molar refractivity (Wildman–Crippen MR) is 124 cm³/mol. The van der Waals surface area contributed by atoms with Crippen molar-refractivity contribution in [2.45, 2.75) is 25.9 Å². The van der Waals surface area contributed by atoms with Crippen LogP contribution in [0.4, 0.5) is 24.7 Å². The summed E-state index contributed by atoms with van der Waals surface area (Å²) in [5, 5.41) is 11.3. The maximum atomic E-state index is 13.1. The molecule has 0 radical (unpaired) electrons. The quantitative estimate of drug-likeness (QED) is 0.521. The number of para-hydroxylation sites is 1. The Bertz CT molecular complexity index is 1130. The highest BCUT2D eigenvalue weighted by molar-refractivity contribution is 5.92. The van der Waals surface area contributed by atoms with Crippen molar-refractivity contribution in [1.29, 1.82) is 0 Å². The van der Waals surface area contributed by atoms with Gasteiger partial charge in [-0.2, -0.15) is 13.2 Å². The van der Waals surface area contributed by atoms with Crippen molar-refractivity contribution in [3.63, 3.8) is 0 Å². The highest BCUT2D eigenvalue weighted by atomic mass is 19.4. The van der Waals surface area contributed by atoms with Crippen molar-refractivity contribution in [2.75, 3.05) is 29.9 Å². The first kappa shape index (κ1) is 23.5. The van der Waals surface area contributed by atoms with Crippen LogP contribution >= 0.6 is 0 Å². The van der Waals surface area contributed by atoms with Crippen LogP contribution in [0, 0.1) is 5.92 Å². The first-order valence-electron chi connectivity index (χ1n) is 11.1. The first-order valence-corrected chi connectivity index (χ1v) is 11.1. The molecule has 2 aromatic carbocycles. The number of aromatic nitrogens is 2. The van der Waals surface area contributed by atoms with Gasteiger partial charge >= 0.3 is 6.18 Å². The maximum Gasteiger partial charge on any atom is 0.419 e. The number of ether oxygens (including phenoxy) is 1. The van der Waals surface area contributed by atoms with Crippen molar-refractivity contribution in [3.8, 4) is 17.0 Å². The predicted octanol–water partition coefficient (Wildman–Crippen LogP) is 5.42. The Kier molecular flexibility index (Phi) is 7.00. The van der Waals surface area contributed by atoms with E-state index in [0.717, 1.165) is 49.3 Å². The fraction of sp³-hybridized carbons (Fsp3) is 0.320. The smallest absolute Gasteiger partial charge is 0.419 e. The Hall–Kier alpha value is -3.62. The third kappa shape index (κ3) is 5.84. The summed E-state index contributed by atoms with van der Waals surface area (Å²) in [5.41, 5.74) is 0.963. The van der Waals surface area contributed by atoms with Crippen LogP contribution in [0.25, 0.3) is 11.3 Å². The van der Waals surface area contributed by atoms with Crippen LogP contribution in [0.15, 0.2) is 60.7 Å². The Morgan fingerprint density at radius 1 is 1.06 bits per heavy atom. The molecule has 6 nitrogen and oxygen atoms in total. The van der Waals surface area contributed by atoms with Gasteiger partial charge in [-0.25, -0.2) is 0 Å². The molecular weight excluding hydrogens is 445 g/mol. The molecule has 1 aliphatic heterocycles. The summed E-state index contributed by atoms with van der Waals surface area (Å²) in [6.45, 7) is 3.63. The highest BCUT2D eigenvalue weighted by Crippen LogP contribution is 2.35. The number of nitrogens with one attached hydrogen (secondary N) is 1. The van der Waals surface area contributed by atoms with E-state index >= 15 is 0 Å². The Morgan fingerprint density at radius 2 is 1.82 bits per heavy atom. The highest BCUT2D eigenvalue weighted by Gasteiger charge is 2.34. The maximum absolute atomic E-state index is 13.1. The zero-order valence-electron chi connectivity index (χ0n) is 18.7. The average molecular weight is 470 g/mol. The van der Waals surface area contributed by atoms with Gasteiger partial charge in [0.15, 0.2) is 12.4 Å². The van der Waals surface area contributed by atoms with Gasteiger partial charge in [0.2, 0.25) is 0 Å². The summed E-state index contributed by atoms with van der Waals surface area (Å²) in [7, 11) is 0. The van der Waals surface area contributed by atoms with E-state index in [-0.39, 0.29) is 0 Å². The fourth-order valence-electron chi connectivity index (χ4n) is 3.81. The molecule has 4 rings (SSSR count). The lowest BCUT2D eigenvalue weighted by Crippen LogP contribution is -2.33. The van der Waals surface area contributed by atoms with Gasteiger partial charge in [0.1, 0.15) is 5.75 Å². The number of hydrogen-bond acceptors (Lipinski definition) is 5. The molecule has 1 aromatic heterocycles. The number of halogens is 3. The molecule has 1 fully saturated rings. The standard InChI is InChI=1S/C25H25F3N4O2/c1-17-11-13-32(14-12-17)23-10-9-21(30-31-23)18-5-4-6-19(15-18)29-24(33)16-34-22-8-3-2-7-20(22)25(26,27)28/h2-10,15,17H,11-14,16H2,1H3,(H,29,33). The molecule has 0 atom stereocenters. The fourth-order valence-corrected chi connectivity index (χ4v) is 3.81. The molecule has 0 spiro atoms. The summed E-state index contributed by atoms with van der Waals surface area (Å²) in [6.07, 6.45) is -2.29. The van der Waals surface area contributed by atoms with Crippen molar-refractivity contribution < 1.29 is 22.7 Å². The summed E-state index contributed by atoms with van der Waals surface area (Å²) >= 11 is 0. The molecular formula is C25H25F3N4O2. The summed E-state index contributed by atoms with van der Waals surface area (Å²) in [4.78, 5) is 14.5. The second kappa shape index (κ2) is 10.1.